The van der Waals surface area contributed by atoms with E-state index in [1.807, 2.05) is 0 Å². The minimum absolute atomic E-state index is 0.186. The van der Waals surface area contributed by atoms with Gasteiger partial charge in [0.15, 0.2) is 0 Å². The third kappa shape index (κ3) is 3.17. The van der Waals surface area contributed by atoms with Crippen LogP contribution in [-0.2, 0) is 9.67 Å². The van der Waals surface area contributed by atoms with E-state index in [-0.39, 0.29) is 11.4 Å². The van der Waals surface area contributed by atoms with Crippen LogP contribution < -0.4 is 0 Å². The maximum atomic E-state index is 12.9. The van der Waals surface area contributed by atoms with E-state index in [9.17, 15) is 4.39 Å². The quantitative estimate of drug-likeness (QED) is 0.658. The van der Waals surface area contributed by atoms with Crippen LogP contribution >= 0.6 is 46.4 Å². The zero-order chi connectivity index (χ0) is 10.1. The molecule has 0 aliphatic carbocycles. The summed E-state index contributed by atoms with van der Waals surface area (Å²) in [4.78, 5) is 0. The van der Waals surface area contributed by atoms with Gasteiger partial charge < -0.3 is 0 Å². The molecule has 5 heteroatoms. The topological polar surface area (TPSA) is 0 Å². The molecular weight excluding hydrogens is 257 g/mol. The third-order valence-corrected chi connectivity index (χ3v) is 2.40. The lowest BCUT2D eigenvalue weighted by Crippen LogP contribution is -2.01. The molecule has 0 aliphatic heterocycles. The normalized spacial score (nSPS) is 11.8. The molecule has 13 heavy (non-hydrogen) atoms. The van der Waals surface area contributed by atoms with Gasteiger partial charge in [0.1, 0.15) is 5.82 Å². The van der Waals surface area contributed by atoms with Crippen LogP contribution in [0.1, 0.15) is 11.1 Å². The molecule has 0 spiro atoms. The molecule has 0 unspecified atom stereocenters. The molecule has 0 amide bonds. The van der Waals surface area contributed by atoms with Crippen LogP contribution in [0.3, 0.4) is 0 Å². The lowest BCUT2D eigenvalue weighted by molar-refractivity contribution is 0.624. The average Bonchev–Trinajstić information content (AvgIpc) is 2.01. The van der Waals surface area contributed by atoms with Crippen molar-refractivity contribution in [2.24, 2.45) is 0 Å². The first kappa shape index (κ1) is 11.4. The van der Waals surface area contributed by atoms with Crippen molar-refractivity contribution in [3.8, 4) is 0 Å². The number of alkyl halides is 4. The molecule has 1 rings (SSSR count). The van der Waals surface area contributed by atoms with Crippen LogP contribution in [0.15, 0.2) is 18.2 Å². The summed E-state index contributed by atoms with van der Waals surface area (Å²) < 4.78 is 11.3. The Kier molecular flexibility index (Phi) is 3.70. The Morgan fingerprint density at radius 1 is 1.15 bits per heavy atom. The summed E-state index contributed by atoms with van der Waals surface area (Å²) in [6.07, 6.45) is 0. The summed E-state index contributed by atoms with van der Waals surface area (Å²) in [6, 6.07) is 4.03. The van der Waals surface area contributed by atoms with E-state index in [1.54, 1.807) is 6.07 Å². The zero-order valence-electron chi connectivity index (χ0n) is 6.33. The molecule has 0 bridgehead atoms. The Morgan fingerprint density at radius 3 is 2.23 bits per heavy atom. The maximum absolute atomic E-state index is 12.9. The summed E-state index contributed by atoms with van der Waals surface area (Å²) in [5.41, 5.74) is 0.871. The Hall–Kier alpha value is 0.310. The minimum Gasteiger partial charge on any atom is -0.207 e. The van der Waals surface area contributed by atoms with E-state index in [1.165, 1.54) is 12.1 Å². The van der Waals surface area contributed by atoms with Gasteiger partial charge in [-0.15, -0.1) is 11.6 Å². The largest absolute Gasteiger partial charge is 0.216 e. The second kappa shape index (κ2) is 4.22. The van der Waals surface area contributed by atoms with Gasteiger partial charge in [-0.2, -0.15) is 0 Å². The van der Waals surface area contributed by atoms with E-state index in [0.29, 0.717) is 5.56 Å². The summed E-state index contributed by atoms with van der Waals surface area (Å²) in [7, 11) is 0. The Morgan fingerprint density at radius 2 is 1.77 bits per heavy atom. The molecular formula is C8H5Cl4F. The molecule has 0 saturated heterocycles. The highest BCUT2D eigenvalue weighted by molar-refractivity contribution is 6.66. The number of benzene rings is 1. The van der Waals surface area contributed by atoms with Crippen molar-refractivity contribution >= 4 is 46.4 Å². The summed E-state index contributed by atoms with van der Waals surface area (Å²) >= 11 is 22.3. The second-order valence-corrected chi connectivity index (χ2v) is 5.03. The van der Waals surface area contributed by atoms with Crippen molar-refractivity contribution in [1.29, 1.82) is 0 Å². The molecule has 0 radical (unpaired) electrons. The molecule has 0 N–H and O–H groups in total. The first-order valence-corrected chi connectivity index (χ1v) is 5.03. The van der Waals surface area contributed by atoms with Gasteiger partial charge in [-0.25, -0.2) is 4.39 Å². The van der Waals surface area contributed by atoms with Gasteiger partial charge in [0.05, 0.1) is 0 Å². The predicted molar refractivity (Wildman–Crippen MR) is 55.2 cm³/mol. The lowest BCUT2D eigenvalue weighted by atomic mass is 10.1. The third-order valence-electron chi connectivity index (χ3n) is 1.44. The van der Waals surface area contributed by atoms with Gasteiger partial charge in [-0.1, -0.05) is 40.9 Å². The first-order valence-electron chi connectivity index (χ1n) is 3.36. The van der Waals surface area contributed by atoms with Crippen molar-refractivity contribution < 1.29 is 4.39 Å². The van der Waals surface area contributed by atoms with Crippen molar-refractivity contribution in [2.75, 3.05) is 0 Å². The van der Waals surface area contributed by atoms with E-state index >= 15 is 0 Å². The molecule has 0 nitrogen and oxygen atoms in total. The highest BCUT2D eigenvalue weighted by Crippen LogP contribution is 2.38. The van der Waals surface area contributed by atoms with Gasteiger partial charge >= 0.3 is 0 Å². The highest BCUT2D eigenvalue weighted by atomic mass is 35.6. The minimum atomic E-state index is -1.61. The molecule has 0 saturated carbocycles. The van der Waals surface area contributed by atoms with Crippen molar-refractivity contribution in [1.82, 2.24) is 0 Å². The molecule has 1 aromatic rings. The monoisotopic (exact) mass is 260 g/mol. The molecule has 0 heterocycles. The first-order chi connectivity index (χ1) is 5.93. The van der Waals surface area contributed by atoms with Crippen LogP contribution in [0.25, 0.3) is 0 Å². The molecule has 72 valence electrons. The van der Waals surface area contributed by atoms with Crippen molar-refractivity contribution in [2.45, 2.75) is 9.67 Å². The zero-order valence-corrected chi connectivity index (χ0v) is 9.35. The van der Waals surface area contributed by atoms with Gasteiger partial charge in [0.25, 0.3) is 0 Å². The summed E-state index contributed by atoms with van der Waals surface area (Å²) in [5.74, 6) is -0.273. The van der Waals surface area contributed by atoms with Gasteiger partial charge in [0, 0.05) is 11.4 Å². The van der Waals surface area contributed by atoms with E-state index in [4.69, 9.17) is 46.4 Å². The van der Waals surface area contributed by atoms with Crippen LogP contribution in [0.4, 0.5) is 4.39 Å². The Balaban J connectivity index is 3.16. The van der Waals surface area contributed by atoms with Crippen LogP contribution in [0.5, 0.6) is 0 Å². The predicted octanol–water partition coefficient (Wildman–Crippen LogP) is 4.39. The van der Waals surface area contributed by atoms with Crippen LogP contribution in [0.2, 0.25) is 0 Å². The van der Waals surface area contributed by atoms with Crippen LogP contribution in [-0.4, -0.2) is 0 Å². The smallest absolute Gasteiger partial charge is 0.207 e. The lowest BCUT2D eigenvalue weighted by Gasteiger charge is -2.12. The maximum Gasteiger partial charge on any atom is 0.216 e. The fraction of sp³-hybridized carbons (Fsp3) is 0.250. The van der Waals surface area contributed by atoms with Crippen molar-refractivity contribution in [3.05, 3.63) is 35.1 Å². The van der Waals surface area contributed by atoms with E-state index in [0.717, 1.165) is 0 Å². The Labute approximate surface area is 95.5 Å². The molecule has 0 fully saturated rings. The standard InChI is InChI=1S/C8H5Cl4F/c9-4-5-1-6(8(10,11)12)3-7(13)2-5/h1-3H,4H2. The Bertz CT molecular complexity index is 306. The number of halogens is 5. The van der Waals surface area contributed by atoms with Crippen molar-refractivity contribution in [3.63, 3.8) is 0 Å². The number of hydrogen-bond acceptors (Lipinski definition) is 0. The molecule has 0 aliphatic rings. The van der Waals surface area contributed by atoms with E-state index in [2.05, 4.69) is 0 Å². The number of rotatable bonds is 1. The number of hydrogen-bond donors (Lipinski definition) is 0. The highest BCUT2D eigenvalue weighted by Gasteiger charge is 2.23. The van der Waals surface area contributed by atoms with Crippen LogP contribution in [0, 0.1) is 5.82 Å². The SMILES string of the molecule is Fc1cc(CCl)cc(C(Cl)(Cl)Cl)c1. The van der Waals surface area contributed by atoms with Gasteiger partial charge in [-0.3, -0.25) is 0 Å². The molecule has 0 atom stereocenters. The van der Waals surface area contributed by atoms with Gasteiger partial charge in [-0.05, 0) is 17.7 Å². The summed E-state index contributed by atoms with van der Waals surface area (Å²) in [6.45, 7) is 0. The molecule has 0 aromatic heterocycles. The van der Waals surface area contributed by atoms with E-state index < -0.39 is 9.61 Å². The van der Waals surface area contributed by atoms with Gasteiger partial charge in [0.2, 0.25) is 3.79 Å². The second-order valence-electron chi connectivity index (χ2n) is 2.48. The average molecular weight is 262 g/mol. The molecule has 1 aromatic carbocycles. The fourth-order valence-corrected chi connectivity index (χ4v) is 1.37. The fourth-order valence-electron chi connectivity index (χ4n) is 0.891. The summed E-state index contributed by atoms with van der Waals surface area (Å²) in [5, 5.41) is 0.